The SMILES string of the molecule is COc1cc(C(O[C@@H]2O[C@@H](O[C@@H]3[C@@H](OC(C)=O)[C@H](OC)OC[C@H]3OC(C)=O)[C@H](OC(C)=O)[C@H]2OC(C)=O)C(COC(C)=O)Oc2ccccc2OC)ccc1OC(C)=O. The molecular formula is C39H48O20. The van der Waals surface area contributed by atoms with Crippen molar-refractivity contribution in [2.75, 3.05) is 34.5 Å². The molecule has 2 aromatic rings. The number of esters is 6. The zero-order valence-electron chi connectivity index (χ0n) is 33.9. The Bertz CT molecular complexity index is 1800. The largest absolute Gasteiger partial charge is 0.493 e. The summed E-state index contributed by atoms with van der Waals surface area (Å²) in [4.78, 5) is 73.8. The highest BCUT2D eigenvalue weighted by molar-refractivity contribution is 5.71. The average molecular weight is 837 g/mol. The molecule has 2 aliphatic heterocycles. The lowest BCUT2D eigenvalue weighted by Crippen LogP contribution is -2.59. The number of carbonyl (C=O) groups is 6. The van der Waals surface area contributed by atoms with E-state index < -0.39 is 104 Å². The summed E-state index contributed by atoms with van der Waals surface area (Å²) in [6.45, 7) is 6.11. The highest BCUT2D eigenvalue weighted by Gasteiger charge is 2.56. The number of methoxy groups -OCH3 is 3. The molecule has 2 unspecified atom stereocenters. The molecular weight excluding hydrogens is 788 g/mol. The molecule has 324 valence electrons. The molecule has 0 amide bonds. The van der Waals surface area contributed by atoms with Crippen molar-refractivity contribution in [1.82, 2.24) is 0 Å². The Labute approximate surface area is 339 Å². The number of hydrogen-bond donors (Lipinski definition) is 0. The standard InChI is InChI=1S/C39H48O20/c1-19(40)49-17-30(56-27-13-11-10-12-26(27)46-7)32(25-14-15-28(51-20(2)41)29(16-25)47-8)57-38-35(54-23(5)44)36(55-24(6)45)39(59-38)58-33-31(52-21(3)42)18-50-37(48-9)34(33)53-22(4)43/h10-16,30-39H,17-18H2,1-9H3/t30?,31-,32?,33+,34-,35-,36-,37-,38-,39-/m1/s1. The second-order valence-electron chi connectivity index (χ2n) is 13.0. The second kappa shape index (κ2) is 21.5. The van der Waals surface area contributed by atoms with Crippen molar-refractivity contribution in [2.45, 2.75) is 103 Å². The van der Waals surface area contributed by atoms with Gasteiger partial charge in [0.2, 0.25) is 12.6 Å². The van der Waals surface area contributed by atoms with Crippen LogP contribution in [0.3, 0.4) is 0 Å². The maximum atomic E-state index is 12.7. The fourth-order valence-electron chi connectivity index (χ4n) is 6.23. The summed E-state index contributed by atoms with van der Waals surface area (Å²) in [5, 5.41) is 0. The van der Waals surface area contributed by atoms with Gasteiger partial charge in [-0.25, -0.2) is 0 Å². The van der Waals surface area contributed by atoms with Gasteiger partial charge >= 0.3 is 35.8 Å². The third-order valence-electron chi connectivity index (χ3n) is 8.45. The first-order chi connectivity index (χ1) is 28.0. The molecule has 0 spiro atoms. The summed E-state index contributed by atoms with van der Waals surface area (Å²) >= 11 is 0. The van der Waals surface area contributed by atoms with Crippen molar-refractivity contribution in [1.29, 1.82) is 0 Å². The lowest BCUT2D eigenvalue weighted by atomic mass is 10.0. The molecule has 0 aliphatic carbocycles. The van der Waals surface area contributed by atoms with Crippen LogP contribution in [0.1, 0.15) is 53.2 Å². The number of benzene rings is 2. The number of hydrogen-bond acceptors (Lipinski definition) is 20. The van der Waals surface area contributed by atoms with Crippen molar-refractivity contribution in [3.05, 3.63) is 48.0 Å². The van der Waals surface area contributed by atoms with Crippen LogP contribution in [0.4, 0.5) is 0 Å². The Morgan fingerprint density at radius 2 is 1.20 bits per heavy atom. The molecule has 0 N–H and O–H groups in total. The van der Waals surface area contributed by atoms with Gasteiger partial charge in [-0.1, -0.05) is 18.2 Å². The molecule has 0 saturated carbocycles. The smallest absolute Gasteiger partial charge is 0.308 e. The van der Waals surface area contributed by atoms with Crippen LogP contribution in [0.25, 0.3) is 0 Å². The zero-order chi connectivity index (χ0) is 43.4. The summed E-state index contributed by atoms with van der Waals surface area (Å²) < 4.78 is 80.6. The van der Waals surface area contributed by atoms with Crippen LogP contribution in [-0.4, -0.2) is 126 Å². The van der Waals surface area contributed by atoms with Crippen LogP contribution in [0, 0.1) is 0 Å². The molecule has 0 bridgehead atoms. The van der Waals surface area contributed by atoms with Crippen LogP contribution in [0.2, 0.25) is 0 Å². The summed E-state index contributed by atoms with van der Waals surface area (Å²) in [5.41, 5.74) is 0.264. The average Bonchev–Trinajstić information content (AvgIpc) is 3.46. The van der Waals surface area contributed by atoms with Gasteiger partial charge in [-0.3, -0.25) is 28.8 Å². The quantitative estimate of drug-likeness (QED) is 0.119. The Hall–Kier alpha value is -5.54. The van der Waals surface area contributed by atoms with Gasteiger partial charge in [0, 0.05) is 48.7 Å². The Kier molecular flexibility index (Phi) is 16.8. The second-order valence-corrected chi connectivity index (χ2v) is 13.0. The van der Waals surface area contributed by atoms with Crippen LogP contribution in [0.5, 0.6) is 23.0 Å². The van der Waals surface area contributed by atoms with E-state index in [1.54, 1.807) is 24.3 Å². The van der Waals surface area contributed by atoms with Gasteiger partial charge < -0.3 is 66.3 Å². The van der Waals surface area contributed by atoms with Gasteiger partial charge in [-0.05, 0) is 29.8 Å². The molecule has 10 atom stereocenters. The van der Waals surface area contributed by atoms with Gasteiger partial charge in [0.25, 0.3) is 0 Å². The van der Waals surface area contributed by atoms with E-state index in [0.29, 0.717) is 5.75 Å². The van der Waals surface area contributed by atoms with E-state index in [9.17, 15) is 28.8 Å². The highest BCUT2D eigenvalue weighted by atomic mass is 16.8. The number of rotatable bonds is 18. The fourth-order valence-corrected chi connectivity index (χ4v) is 6.23. The van der Waals surface area contributed by atoms with Crippen molar-refractivity contribution in [2.24, 2.45) is 0 Å². The van der Waals surface area contributed by atoms with Gasteiger partial charge in [0.1, 0.15) is 18.8 Å². The fraction of sp³-hybridized carbons (Fsp3) is 0.538. The molecule has 0 aromatic heterocycles. The number of ether oxygens (including phenoxy) is 14. The van der Waals surface area contributed by atoms with Gasteiger partial charge in [-0.2, -0.15) is 0 Å². The molecule has 20 nitrogen and oxygen atoms in total. The lowest BCUT2D eigenvalue weighted by molar-refractivity contribution is -0.318. The lowest BCUT2D eigenvalue weighted by Gasteiger charge is -2.41. The molecule has 2 saturated heterocycles. The van der Waals surface area contributed by atoms with Crippen molar-refractivity contribution in [3.8, 4) is 23.0 Å². The van der Waals surface area contributed by atoms with Gasteiger partial charge in [-0.15, -0.1) is 0 Å². The molecule has 2 fully saturated rings. The topological polar surface area (TPSA) is 232 Å². The molecule has 59 heavy (non-hydrogen) atoms. The predicted molar refractivity (Wildman–Crippen MR) is 195 cm³/mol. The minimum atomic E-state index is -1.69. The van der Waals surface area contributed by atoms with Crippen LogP contribution in [0.15, 0.2) is 42.5 Å². The maximum absolute atomic E-state index is 12.7. The molecule has 0 radical (unpaired) electrons. The summed E-state index contributed by atoms with van der Waals surface area (Å²) in [6, 6.07) is 11.0. The zero-order valence-corrected chi connectivity index (χ0v) is 33.9. The Balaban J connectivity index is 1.87. The molecule has 20 heteroatoms. The first-order valence-electron chi connectivity index (χ1n) is 18.1. The Morgan fingerprint density at radius 1 is 0.627 bits per heavy atom. The molecule has 4 rings (SSSR count). The molecule has 2 heterocycles. The number of carbonyl (C=O) groups excluding carboxylic acids is 6. The van der Waals surface area contributed by atoms with Crippen molar-refractivity contribution >= 4 is 35.8 Å². The van der Waals surface area contributed by atoms with Crippen molar-refractivity contribution < 1.29 is 95.1 Å². The minimum absolute atomic E-state index is 0.0541. The first-order valence-corrected chi connectivity index (χ1v) is 18.1. The van der Waals surface area contributed by atoms with Crippen LogP contribution in [-0.2, 0) is 76.1 Å². The number of para-hydroxylation sites is 2. The first kappa shape index (κ1) is 46.2. The third kappa shape index (κ3) is 12.7. The van der Waals surface area contributed by atoms with E-state index in [0.717, 1.165) is 27.7 Å². The maximum Gasteiger partial charge on any atom is 0.308 e. The van der Waals surface area contributed by atoms with E-state index >= 15 is 0 Å². The monoisotopic (exact) mass is 836 g/mol. The Morgan fingerprint density at radius 3 is 1.75 bits per heavy atom. The van der Waals surface area contributed by atoms with Crippen molar-refractivity contribution in [3.63, 3.8) is 0 Å². The van der Waals surface area contributed by atoms with E-state index in [2.05, 4.69) is 0 Å². The van der Waals surface area contributed by atoms with E-state index in [-0.39, 0.29) is 29.4 Å². The normalized spacial score (nSPS) is 24.7. The van der Waals surface area contributed by atoms with Crippen LogP contribution >= 0.6 is 0 Å². The van der Waals surface area contributed by atoms with Gasteiger partial charge in [0.15, 0.2) is 59.8 Å². The van der Waals surface area contributed by atoms with E-state index in [1.807, 2.05) is 0 Å². The minimum Gasteiger partial charge on any atom is -0.493 e. The van der Waals surface area contributed by atoms with E-state index in [1.165, 1.54) is 53.4 Å². The van der Waals surface area contributed by atoms with E-state index in [4.69, 9.17) is 66.3 Å². The third-order valence-corrected chi connectivity index (χ3v) is 8.45. The summed E-state index contributed by atoms with van der Waals surface area (Å²) in [6.07, 6.45) is -14.4. The van der Waals surface area contributed by atoms with Gasteiger partial charge in [0.05, 0.1) is 20.8 Å². The predicted octanol–water partition coefficient (Wildman–Crippen LogP) is 2.49. The summed E-state index contributed by atoms with van der Waals surface area (Å²) in [7, 11) is 4.04. The molecule has 2 aromatic carbocycles. The van der Waals surface area contributed by atoms with Crippen LogP contribution < -0.4 is 18.9 Å². The molecule has 2 aliphatic rings. The highest BCUT2D eigenvalue weighted by Crippen LogP contribution is 2.40. The summed E-state index contributed by atoms with van der Waals surface area (Å²) in [5.74, 6) is -3.87.